The van der Waals surface area contributed by atoms with E-state index in [-0.39, 0.29) is 28.5 Å². The van der Waals surface area contributed by atoms with Crippen molar-refractivity contribution < 1.29 is 9.18 Å². The molecule has 1 N–H and O–H groups in total. The molecule has 0 atom stereocenters. The number of amides is 1. The molecule has 0 unspecified atom stereocenters. The van der Waals surface area contributed by atoms with Gasteiger partial charge in [-0.25, -0.2) is 4.39 Å². The van der Waals surface area contributed by atoms with Gasteiger partial charge in [0.25, 0.3) is 5.56 Å². The van der Waals surface area contributed by atoms with Crippen LogP contribution in [0.15, 0.2) is 52.4 Å². The molecule has 10 heteroatoms. The number of hydrogen-bond donors (Lipinski definition) is 1. The second kappa shape index (κ2) is 8.68. The smallest absolute Gasteiger partial charge is 0.262 e. The summed E-state index contributed by atoms with van der Waals surface area (Å²) in [5.74, 6) is -0.142. The van der Waals surface area contributed by atoms with Gasteiger partial charge in [0.1, 0.15) is 5.82 Å². The maximum atomic E-state index is 13.9. The number of nitrogens with one attached hydrogen (secondary N) is 1. The van der Waals surface area contributed by atoms with Gasteiger partial charge >= 0.3 is 0 Å². The van der Waals surface area contributed by atoms with Gasteiger partial charge in [-0.1, -0.05) is 43.3 Å². The number of nitrogens with zero attached hydrogens (tertiary/aromatic N) is 4. The Morgan fingerprint density at radius 3 is 2.77 bits per heavy atom. The molecule has 0 radical (unpaired) electrons. The predicted molar refractivity (Wildman–Crippen MR) is 120 cm³/mol. The Morgan fingerprint density at radius 2 is 2.03 bits per heavy atom. The third-order valence-electron chi connectivity index (χ3n) is 4.52. The number of anilines is 1. The van der Waals surface area contributed by atoms with Crippen molar-refractivity contribution in [2.75, 3.05) is 11.1 Å². The molecular weight excluding hydrogens is 441 g/mol. The van der Waals surface area contributed by atoms with E-state index >= 15 is 0 Å². The van der Waals surface area contributed by atoms with Crippen molar-refractivity contribution in [2.45, 2.75) is 25.5 Å². The number of fused-ring (bicyclic) bond motifs is 3. The zero-order valence-electron chi connectivity index (χ0n) is 16.8. The van der Waals surface area contributed by atoms with E-state index in [0.717, 1.165) is 0 Å². The highest BCUT2D eigenvalue weighted by Gasteiger charge is 2.19. The molecule has 0 saturated carbocycles. The van der Waals surface area contributed by atoms with Crippen LogP contribution in [0.25, 0.3) is 16.7 Å². The minimum Gasteiger partial charge on any atom is -0.325 e. The molecule has 2 aromatic heterocycles. The van der Waals surface area contributed by atoms with Crippen LogP contribution in [-0.2, 0) is 11.3 Å². The molecule has 0 aliphatic carbocycles. The Morgan fingerprint density at radius 1 is 1.23 bits per heavy atom. The lowest BCUT2D eigenvalue weighted by Crippen LogP contribution is -2.25. The zero-order valence-corrected chi connectivity index (χ0v) is 18.4. The fraction of sp³-hybridized carbons (Fsp3) is 0.238. The van der Waals surface area contributed by atoms with Gasteiger partial charge in [-0.2, -0.15) is 0 Å². The Labute approximate surface area is 186 Å². The summed E-state index contributed by atoms with van der Waals surface area (Å²) in [6.07, 6.45) is 0. The van der Waals surface area contributed by atoms with Gasteiger partial charge < -0.3 is 5.32 Å². The Balaban J connectivity index is 1.70. The molecule has 4 rings (SSSR count). The molecule has 0 bridgehead atoms. The summed E-state index contributed by atoms with van der Waals surface area (Å²) in [4.78, 5) is 25.4. The standard InChI is InChI=1S/C21H19ClFN5O2S/c1-12(2)10-27-19(30)16-9-14(23)6-7-17(16)28-20(27)25-26-21(28)31-11-18(29)24-15-5-3-4-13(22)8-15/h3-9,12H,10-11H2,1-2H3,(H,24,29). The van der Waals surface area contributed by atoms with Crippen molar-refractivity contribution in [3.05, 3.63) is 63.7 Å². The normalized spacial score (nSPS) is 11.5. The number of benzene rings is 2. The third-order valence-corrected chi connectivity index (χ3v) is 5.69. The predicted octanol–water partition coefficient (Wildman–Crippen LogP) is 4.22. The van der Waals surface area contributed by atoms with Gasteiger partial charge in [0.2, 0.25) is 11.7 Å². The summed E-state index contributed by atoms with van der Waals surface area (Å²) in [5, 5.41) is 12.4. The molecule has 31 heavy (non-hydrogen) atoms. The minimum atomic E-state index is -0.497. The second-order valence-corrected chi connectivity index (χ2v) is 8.82. The summed E-state index contributed by atoms with van der Waals surface area (Å²) >= 11 is 7.13. The summed E-state index contributed by atoms with van der Waals surface area (Å²) in [7, 11) is 0. The van der Waals surface area contributed by atoms with E-state index in [1.54, 1.807) is 28.7 Å². The van der Waals surface area contributed by atoms with Crippen molar-refractivity contribution in [3.8, 4) is 0 Å². The number of rotatable bonds is 6. The van der Waals surface area contributed by atoms with Crippen LogP contribution in [-0.4, -0.2) is 30.8 Å². The molecule has 0 aliphatic heterocycles. The maximum Gasteiger partial charge on any atom is 0.262 e. The number of carbonyl (C=O) groups is 1. The first-order valence-corrected chi connectivity index (χ1v) is 10.9. The topological polar surface area (TPSA) is 81.3 Å². The number of halogens is 2. The summed E-state index contributed by atoms with van der Waals surface area (Å²) in [6, 6.07) is 10.9. The van der Waals surface area contributed by atoms with Gasteiger partial charge in [0.15, 0.2) is 5.16 Å². The molecule has 0 aliphatic rings. The van der Waals surface area contributed by atoms with Crippen molar-refractivity contribution in [1.82, 2.24) is 19.2 Å². The lowest BCUT2D eigenvalue weighted by Gasteiger charge is -2.13. The first-order chi connectivity index (χ1) is 14.8. The fourth-order valence-corrected chi connectivity index (χ4v) is 4.21. The number of hydrogen-bond acceptors (Lipinski definition) is 5. The van der Waals surface area contributed by atoms with Crippen molar-refractivity contribution in [3.63, 3.8) is 0 Å². The number of thioether (sulfide) groups is 1. The van der Waals surface area contributed by atoms with Crippen LogP contribution >= 0.6 is 23.4 Å². The van der Waals surface area contributed by atoms with E-state index in [0.29, 0.717) is 33.7 Å². The molecular formula is C21H19ClFN5O2S. The van der Waals surface area contributed by atoms with Crippen LogP contribution in [0.5, 0.6) is 0 Å². The van der Waals surface area contributed by atoms with E-state index in [4.69, 9.17) is 11.6 Å². The Bertz CT molecular complexity index is 1350. The van der Waals surface area contributed by atoms with Crippen molar-refractivity contribution in [1.29, 1.82) is 0 Å². The zero-order chi connectivity index (χ0) is 22.1. The van der Waals surface area contributed by atoms with Gasteiger partial charge in [0, 0.05) is 17.3 Å². The van der Waals surface area contributed by atoms with Crippen molar-refractivity contribution in [2.24, 2.45) is 5.92 Å². The highest BCUT2D eigenvalue weighted by atomic mass is 35.5. The van der Waals surface area contributed by atoms with E-state index in [1.807, 2.05) is 13.8 Å². The molecule has 0 saturated heterocycles. The van der Waals surface area contributed by atoms with E-state index in [9.17, 15) is 14.0 Å². The van der Waals surface area contributed by atoms with E-state index < -0.39 is 5.82 Å². The second-order valence-electron chi connectivity index (χ2n) is 7.44. The summed E-state index contributed by atoms with van der Waals surface area (Å²) in [6.45, 7) is 4.36. The fourth-order valence-electron chi connectivity index (χ4n) is 3.28. The average Bonchev–Trinajstić information content (AvgIpc) is 3.13. The largest absolute Gasteiger partial charge is 0.325 e. The SMILES string of the molecule is CC(C)Cn1c(=O)c2cc(F)ccc2n2c(SCC(=O)Nc3cccc(Cl)c3)nnc12. The van der Waals surface area contributed by atoms with Crippen LogP contribution in [0, 0.1) is 11.7 Å². The summed E-state index contributed by atoms with van der Waals surface area (Å²) < 4.78 is 17.1. The van der Waals surface area contributed by atoms with Crippen molar-refractivity contribution >= 4 is 51.6 Å². The van der Waals surface area contributed by atoms with Crippen LogP contribution in [0.4, 0.5) is 10.1 Å². The van der Waals surface area contributed by atoms with Gasteiger partial charge in [-0.3, -0.25) is 18.6 Å². The Kier molecular flexibility index (Phi) is 5.97. The van der Waals surface area contributed by atoms with Crippen LogP contribution < -0.4 is 10.9 Å². The van der Waals surface area contributed by atoms with Gasteiger partial charge in [0.05, 0.1) is 16.7 Å². The quantitative estimate of drug-likeness (QED) is 0.436. The molecule has 4 aromatic rings. The van der Waals surface area contributed by atoms with E-state index in [2.05, 4.69) is 15.5 Å². The minimum absolute atomic E-state index is 0.0688. The molecule has 2 aromatic carbocycles. The number of aromatic nitrogens is 4. The monoisotopic (exact) mass is 459 g/mol. The molecule has 160 valence electrons. The Hall–Kier alpha value is -2.91. The van der Waals surface area contributed by atoms with E-state index in [1.165, 1.54) is 34.5 Å². The van der Waals surface area contributed by atoms with Crippen LogP contribution in [0.1, 0.15) is 13.8 Å². The van der Waals surface area contributed by atoms with Gasteiger partial charge in [-0.15, -0.1) is 10.2 Å². The highest BCUT2D eigenvalue weighted by Crippen LogP contribution is 2.23. The first kappa shape index (κ1) is 21.3. The molecule has 2 heterocycles. The van der Waals surface area contributed by atoms with Crippen LogP contribution in [0.2, 0.25) is 5.02 Å². The molecule has 1 amide bonds. The van der Waals surface area contributed by atoms with Gasteiger partial charge in [-0.05, 0) is 42.3 Å². The number of carbonyl (C=O) groups excluding carboxylic acids is 1. The summed E-state index contributed by atoms with van der Waals surface area (Å²) in [5.41, 5.74) is 0.762. The molecule has 7 nitrogen and oxygen atoms in total. The van der Waals surface area contributed by atoms with Crippen LogP contribution in [0.3, 0.4) is 0 Å². The molecule has 0 fully saturated rings. The lowest BCUT2D eigenvalue weighted by molar-refractivity contribution is -0.113. The maximum absolute atomic E-state index is 13.9. The lowest BCUT2D eigenvalue weighted by atomic mass is 10.2. The third kappa shape index (κ3) is 4.42. The average molecular weight is 460 g/mol. The highest BCUT2D eigenvalue weighted by molar-refractivity contribution is 7.99. The molecule has 0 spiro atoms. The first-order valence-electron chi connectivity index (χ1n) is 9.59.